The molecule has 1 N–H and O–H groups in total. The van der Waals surface area contributed by atoms with Crippen LogP contribution in [0.25, 0.3) is 5.69 Å². The lowest BCUT2D eigenvalue weighted by molar-refractivity contribution is 0.796. The minimum absolute atomic E-state index is 0.0895. The van der Waals surface area contributed by atoms with E-state index in [1.165, 1.54) is 10.2 Å². The number of hydrogen-bond acceptors (Lipinski definition) is 4. The highest BCUT2D eigenvalue weighted by molar-refractivity contribution is 6.33. The monoisotopic (exact) mass is 425 g/mol. The molecule has 146 valence electrons. The van der Waals surface area contributed by atoms with Gasteiger partial charge >= 0.3 is 0 Å². The van der Waals surface area contributed by atoms with E-state index < -0.39 is 5.56 Å². The molecule has 0 aliphatic carbocycles. The maximum absolute atomic E-state index is 12.6. The van der Waals surface area contributed by atoms with E-state index in [2.05, 4.69) is 27.5 Å². The van der Waals surface area contributed by atoms with Crippen molar-refractivity contribution in [3.05, 3.63) is 105 Å². The molecular weight excluding hydrogens is 409 g/mol. The van der Waals surface area contributed by atoms with Crippen LogP contribution in [0.3, 0.4) is 0 Å². The highest BCUT2D eigenvalue weighted by Gasteiger charge is 2.10. The summed E-state index contributed by atoms with van der Waals surface area (Å²) in [4.78, 5) is 16.6. The van der Waals surface area contributed by atoms with Crippen LogP contribution in [0.2, 0.25) is 10.0 Å². The number of anilines is 1. The first-order valence-corrected chi connectivity index (χ1v) is 9.67. The molecule has 0 radical (unpaired) electrons. The quantitative estimate of drug-likeness (QED) is 0.497. The molecule has 4 aromatic rings. The fraction of sp³-hybridized carbons (Fsp3) is 0.0952. The molecule has 4 rings (SSSR count). The molecule has 0 bridgehead atoms. The minimum atomic E-state index is -0.394. The molecular formula is C21H17Cl2N5O. The fourth-order valence-electron chi connectivity index (χ4n) is 2.87. The fourth-order valence-corrected chi connectivity index (χ4v) is 3.19. The molecule has 0 aliphatic heterocycles. The summed E-state index contributed by atoms with van der Waals surface area (Å²) in [5.74, 6) is 0. The summed E-state index contributed by atoms with van der Waals surface area (Å²) in [5, 5.41) is 8.07. The summed E-state index contributed by atoms with van der Waals surface area (Å²) in [5.41, 5.74) is 2.94. The molecule has 0 fully saturated rings. The Balaban J connectivity index is 1.45. The number of rotatable bonds is 6. The Morgan fingerprint density at radius 1 is 0.966 bits per heavy atom. The van der Waals surface area contributed by atoms with Gasteiger partial charge in [-0.15, -0.1) is 0 Å². The van der Waals surface area contributed by atoms with Gasteiger partial charge in [-0.2, -0.15) is 9.78 Å². The Labute approximate surface area is 177 Å². The average Bonchev–Trinajstić information content (AvgIpc) is 3.24. The molecule has 0 spiro atoms. The lowest BCUT2D eigenvalue weighted by Crippen LogP contribution is -2.22. The van der Waals surface area contributed by atoms with Crippen molar-refractivity contribution in [1.82, 2.24) is 19.3 Å². The van der Waals surface area contributed by atoms with Gasteiger partial charge in [0.05, 0.1) is 23.9 Å². The zero-order chi connectivity index (χ0) is 20.2. The second kappa shape index (κ2) is 8.51. The first-order valence-electron chi connectivity index (χ1n) is 8.91. The first-order chi connectivity index (χ1) is 14.1. The van der Waals surface area contributed by atoms with Crippen LogP contribution in [0.5, 0.6) is 0 Å². The molecule has 2 heterocycles. The third-order valence-corrected chi connectivity index (χ3v) is 5.04. The Morgan fingerprint density at radius 3 is 2.38 bits per heavy atom. The van der Waals surface area contributed by atoms with Crippen molar-refractivity contribution in [3.63, 3.8) is 0 Å². The number of nitrogens with zero attached hydrogens (tertiary/aromatic N) is 4. The van der Waals surface area contributed by atoms with Crippen LogP contribution in [-0.4, -0.2) is 19.3 Å². The normalized spacial score (nSPS) is 10.8. The predicted octanol–water partition coefficient (Wildman–Crippen LogP) is 4.40. The lowest BCUT2D eigenvalue weighted by atomic mass is 10.1. The standard InChI is InChI=1S/C21H17Cl2N5O/c22-17-5-7-18(8-6-17)28-21(29)20(23)19(12-26-28)25-11-15-1-3-16(4-2-15)13-27-10-9-24-14-27/h1-10,12,14,25H,11,13H2. The number of nitrogens with one attached hydrogen (secondary N) is 1. The summed E-state index contributed by atoms with van der Waals surface area (Å²) in [6, 6.07) is 15.0. The number of imidazole rings is 1. The predicted molar refractivity (Wildman–Crippen MR) is 115 cm³/mol. The van der Waals surface area contributed by atoms with Crippen molar-refractivity contribution in [3.8, 4) is 5.69 Å². The third-order valence-electron chi connectivity index (χ3n) is 4.42. The van der Waals surface area contributed by atoms with Crippen molar-refractivity contribution < 1.29 is 0 Å². The van der Waals surface area contributed by atoms with Crippen LogP contribution in [-0.2, 0) is 13.1 Å². The van der Waals surface area contributed by atoms with Gasteiger partial charge in [-0.25, -0.2) is 4.98 Å². The van der Waals surface area contributed by atoms with E-state index in [4.69, 9.17) is 23.2 Å². The molecule has 2 aromatic heterocycles. The van der Waals surface area contributed by atoms with Gasteiger partial charge in [0, 0.05) is 30.5 Å². The molecule has 0 unspecified atom stereocenters. The Bertz CT molecular complexity index is 1150. The topological polar surface area (TPSA) is 64.7 Å². The molecule has 8 heteroatoms. The SMILES string of the molecule is O=c1c(Cl)c(NCc2ccc(Cn3ccnc3)cc2)cnn1-c1ccc(Cl)cc1. The maximum atomic E-state index is 12.6. The van der Waals surface area contributed by atoms with Crippen LogP contribution in [0.1, 0.15) is 11.1 Å². The van der Waals surface area contributed by atoms with Crippen LogP contribution in [0.4, 0.5) is 5.69 Å². The van der Waals surface area contributed by atoms with Gasteiger partial charge in [0.2, 0.25) is 0 Å². The first kappa shape index (κ1) is 19.2. The highest BCUT2D eigenvalue weighted by Crippen LogP contribution is 2.19. The summed E-state index contributed by atoms with van der Waals surface area (Å²) in [6.07, 6.45) is 7.02. The summed E-state index contributed by atoms with van der Waals surface area (Å²) in [6.45, 7) is 1.30. The minimum Gasteiger partial charge on any atom is -0.378 e. The molecule has 29 heavy (non-hydrogen) atoms. The lowest BCUT2D eigenvalue weighted by Gasteiger charge is -2.11. The zero-order valence-electron chi connectivity index (χ0n) is 15.3. The van der Waals surface area contributed by atoms with Crippen molar-refractivity contribution in [1.29, 1.82) is 0 Å². The van der Waals surface area contributed by atoms with Gasteiger partial charge in [0.15, 0.2) is 0 Å². The van der Waals surface area contributed by atoms with Crippen molar-refractivity contribution in [2.45, 2.75) is 13.1 Å². The van der Waals surface area contributed by atoms with E-state index in [0.29, 0.717) is 22.9 Å². The molecule has 0 aliphatic rings. The van der Waals surface area contributed by atoms with Gasteiger partial charge in [0.1, 0.15) is 5.02 Å². The third kappa shape index (κ3) is 4.50. The summed E-state index contributed by atoms with van der Waals surface area (Å²) in [7, 11) is 0. The van der Waals surface area contributed by atoms with E-state index in [1.807, 2.05) is 22.9 Å². The molecule has 0 atom stereocenters. The number of halogens is 2. The van der Waals surface area contributed by atoms with E-state index >= 15 is 0 Å². The van der Waals surface area contributed by atoms with Gasteiger partial charge in [-0.3, -0.25) is 4.79 Å². The number of benzene rings is 2. The van der Waals surface area contributed by atoms with Crippen LogP contribution >= 0.6 is 23.2 Å². The smallest absolute Gasteiger partial charge is 0.292 e. The number of hydrogen-bond donors (Lipinski definition) is 1. The second-order valence-electron chi connectivity index (χ2n) is 6.47. The van der Waals surface area contributed by atoms with E-state index in [0.717, 1.165) is 12.1 Å². The Hall–Kier alpha value is -3.09. The largest absolute Gasteiger partial charge is 0.378 e. The van der Waals surface area contributed by atoms with E-state index in [1.54, 1.807) is 43.0 Å². The Morgan fingerprint density at radius 2 is 1.69 bits per heavy atom. The summed E-state index contributed by atoms with van der Waals surface area (Å²) >= 11 is 12.2. The van der Waals surface area contributed by atoms with Crippen LogP contribution in [0, 0.1) is 0 Å². The molecule has 6 nitrogen and oxygen atoms in total. The van der Waals surface area contributed by atoms with Gasteiger partial charge in [-0.1, -0.05) is 47.5 Å². The average molecular weight is 426 g/mol. The molecule has 0 saturated carbocycles. The van der Waals surface area contributed by atoms with Gasteiger partial charge in [0.25, 0.3) is 5.56 Å². The van der Waals surface area contributed by atoms with Crippen LogP contribution in [0.15, 0.2) is 78.2 Å². The number of aromatic nitrogens is 4. The maximum Gasteiger partial charge on any atom is 0.292 e. The zero-order valence-corrected chi connectivity index (χ0v) is 16.8. The summed E-state index contributed by atoms with van der Waals surface area (Å²) < 4.78 is 3.25. The molecule has 2 aromatic carbocycles. The second-order valence-corrected chi connectivity index (χ2v) is 7.29. The van der Waals surface area contributed by atoms with Gasteiger partial charge in [-0.05, 0) is 35.4 Å². The van der Waals surface area contributed by atoms with Crippen molar-refractivity contribution >= 4 is 28.9 Å². The van der Waals surface area contributed by atoms with Crippen LogP contribution < -0.4 is 10.9 Å². The molecule has 0 amide bonds. The van der Waals surface area contributed by atoms with Crippen molar-refractivity contribution in [2.75, 3.05) is 5.32 Å². The molecule has 0 saturated heterocycles. The van der Waals surface area contributed by atoms with Crippen molar-refractivity contribution in [2.24, 2.45) is 0 Å². The van der Waals surface area contributed by atoms with E-state index in [9.17, 15) is 4.79 Å². The highest BCUT2D eigenvalue weighted by atomic mass is 35.5. The van der Waals surface area contributed by atoms with Gasteiger partial charge < -0.3 is 9.88 Å². The Kier molecular flexibility index (Phi) is 5.64. The van der Waals surface area contributed by atoms with E-state index in [-0.39, 0.29) is 5.02 Å².